The predicted molar refractivity (Wildman–Crippen MR) is 98.9 cm³/mol. The minimum Gasteiger partial charge on any atom is -0.292 e. The SMILES string of the molecule is CN1C(=O)[C@@H]2[C@H](C1=O)[C@@H]1c3ccccc3CCN1[C@H]2C(=O)c1ccccc1. The number of carbonyl (C=O) groups is 3. The van der Waals surface area contributed by atoms with Crippen LogP contribution < -0.4 is 0 Å². The van der Waals surface area contributed by atoms with Crippen molar-refractivity contribution < 1.29 is 14.4 Å². The van der Waals surface area contributed by atoms with Crippen molar-refractivity contribution >= 4 is 17.6 Å². The number of hydrogen-bond donors (Lipinski definition) is 0. The number of nitrogens with zero attached hydrogens (tertiary/aromatic N) is 2. The molecule has 5 nitrogen and oxygen atoms in total. The maximum absolute atomic E-state index is 13.4. The second-order valence-electron chi connectivity index (χ2n) is 7.59. The lowest BCUT2D eigenvalue weighted by Crippen LogP contribution is -2.47. The second-order valence-corrected chi connectivity index (χ2v) is 7.59. The Morgan fingerprint density at radius 1 is 0.926 bits per heavy atom. The summed E-state index contributed by atoms with van der Waals surface area (Å²) in [5.74, 6) is -1.55. The lowest BCUT2D eigenvalue weighted by Gasteiger charge is -2.37. The van der Waals surface area contributed by atoms with Crippen molar-refractivity contribution in [2.75, 3.05) is 13.6 Å². The molecule has 136 valence electrons. The summed E-state index contributed by atoms with van der Waals surface area (Å²) >= 11 is 0. The summed E-state index contributed by atoms with van der Waals surface area (Å²) in [5, 5.41) is 0. The zero-order valence-corrected chi connectivity index (χ0v) is 15.0. The summed E-state index contributed by atoms with van der Waals surface area (Å²) in [6.07, 6.45) is 0.822. The van der Waals surface area contributed by atoms with Gasteiger partial charge in [-0.25, -0.2) is 0 Å². The van der Waals surface area contributed by atoms with Gasteiger partial charge in [-0.1, -0.05) is 54.6 Å². The number of Topliss-reactive ketones (excluding diaryl/α,β-unsaturated/α-hetero) is 1. The maximum atomic E-state index is 13.4. The first-order chi connectivity index (χ1) is 13.1. The van der Waals surface area contributed by atoms with Crippen LogP contribution in [0.5, 0.6) is 0 Å². The van der Waals surface area contributed by atoms with E-state index in [2.05, 4.69) is 11.0 Å². The quantitative estimate of drug-likeness (QED) is 0.608. The van der Waals surface area contributed by atoms with Crippen LogP contribution in [-0.2, 0) is 16.0 Å². The summed E-state index contributed by atoms with van der Waals surface area (Å²) in [7, 11) is 1.53. The molecule has 0 radical (unpaired) electrons. The fourth-order valence-corrected chi connectivity index (χ4v) is 5.15. The van der Waals surface area contributed by atoms with Gasteiger partial charge in [0.05, 0.1) is 17.9 Å². The standard InChI is InChI=1S/C22H20N2O3/c1-23-21(26)16-17(22(23)27)19(20(25)14-8-3-2-4-9-14)24-12-11-13-7-5-6-10-15(13)18(16)24/h2-10,16-19H,11-12H2,1H3/t16-,17+,18-,19+/m0/s1. The van der Waals surface area contributed by atoms with Crippen molar-refractivity contribution in [1.29, 1.82) is 0 Å². The predicted octanol–water partition coefficient (Wildman–Crippen LogP) is 2.08. The van der Waals surface area contributed by atoms with Gasteiger partial charge in [-0.2, -0.15) is 0 Å². The third-order valence-electron chi connectivity index (χ3n) is 6.35. The van der Waals surface area contributed by atoms with Crippen LogP contribution in [0.25, 0.3) is 0 Å². The Morgan fingerprint density at radius 3 is 2.37 bits per heavy atom. The van der Waals surface area contributed by atoms with Gasteiger partial charge in [-0.05, 0) is 17.5 Å². The molecule has 0 spiro atoms. The van der Waals surface area contributed by atoms with E-state index in [-0.39, 0.29) is 23.6 Å². The van der Waals surface area contributed by atoms with E-state index in [1.54, 1.807) is 12.1 Å². The van der Waals surface area contributed by atoms with Gasteiger partial charge in [-0.3, -0.25) is 24.2 Å². The number of amides is 2. The molecule has 0 aliphatic carbocycles. The molecule has 3 heterocycles. The van der Waals surface area contributed by atoms with Crippen molar-refractivity contribution in [3.8, 4) is 0 Å². The number of rotatable bonds is 2. The summed E-state index contributed by atoms with van der Waals surface area (Å²) in [4.78, 5) is 42.6. The Balaban J connectivity index is 1.65. The summed E-state index contributed by atoms with van der Waals surface area (Å²) < 4.78 is 0. The normalized spacial score (nSPS) is 29.4. The first-order valence-corrected chi connectivity index (χ1v) is 9.34. The van der Waals surface area contributed by atoms with Crippen molar-refractivity contribution in [2.45, 2.75) is 18.5 Å². The number of benzene rings is 2. The first kappa shape index (κ1) is 16.4. The average molecular weight is 360 g/mol. The van der Waals surface area contributed by atoms with Gasteiger partial charge in [-0.15, -0.1) is 0 Å². The van der Waals surface area contributed by atoms with E-state index in [9.17, 15) is 14.4 Å². The molecule has 0 N–H and O–H groups in total. The second kappa shape index (κ2) is 5.86. The van der Waals surface area contributed by atoms with Crippen molar-refractivity contribution in [1.82, 2.24) is 9.80 Å². The number of likely N-dealkylation sites (tertiary alicyclic amines) is 1. The molecule has 27 heavy (non-hydrogen) atoms. The van der Waals surface area contributed by atoms with E-state index in [0.717, 1.165) is 12.0 Å². The molecule has 2 aromatic rings. The van der Waals surface area contributed by atoms with Crippen LogP contribution in [0.2, 0.25) is 0 Å². The minimum atomic E-state index is -0.605. The molecule has 2 aromatic carbocycles. The van der Waals surface area contributed by atoms with Crippen molar-refractivity contribution in [3.05, 3.63) is 71.3 Å². The number of imide groups is 1. The highest BCUT2D eigenvalue weighted by Gasteiger charge is 2.63. The Bertz CT molecular complexity index is 955. The van der Waals surface area contributed by atoms with Crippen LogP contribution in [0.15, 0.2) is 54.6 Å². The molecule has 2 fully saturated rings. The minimum absolute atomic E-state index is 0.0658. The molecular formula is C22H20N2O3. The Kier molecular flexibility index (Phi) is 3.56. The number of carbonyl (C=O) groups excluding carboxylic acids is 3. The van der Waals surface area contributed by atoms with Gasteiger partial charge in [0.15, 0.2) is 5.78 Å². The van der Waals surface area contributed by atoms with E-state index in [0.29, 0.717) is 12.1 Å². The third kappa shape index (κ3) is 2.18. The Labute approximate surface area is 157 Å². The molecule has 4 atom stereocenters. The third-order valence-corrected chi connectivity index (χ3v) is 6.35. The topological polar surface area (TPSA) is 57.7 Å². The maximum Gasteiger partial charge on any atom is 0.234 e. The Hall–Kier alpha value is -2.79. The highest BCUT2D eigenvalue weighted by Crippen LogP contribution is 2.52. The molecule has 2 saturated heterocycles. The van der Waals surface area contributed by atoms with E-state index in [1.807, 2.05) is 36.4 Å². The Morgan fingerprint density at radius 2 is 1.59 bits per heavy atom. The van der Waals surface area contributed by atoms with Crippen LogP contribution in [0.4, 0.5) is 0 Å². The lowest BCUT2D eigenvalue weighted by molar-refractivity contribution is -0.139. The van der Waals surface area contributed by atoms with Gasteiger partial charge in [0.1, 0.15) is 0 Å². The van der Waals surface area contributed by atoms with Crippen LogP contribution in [0.3, 0.4) is 0 Å². The van der Waals surface area contributed by atoms with Gasteiger partial charge in [0.2, 0.25) is 11.8 Å². The molecule has 2 amide bonds. The molecule has 0 saturated carbocycles. The van der Waals surface area contributed by atoms with E-state index in [4.69, 9.17) is 0 Å². The monoisotopic (exact) mass is 360 g/mol. The molecule has 3 aliphatic rings. The largest absolute Gasteiger partial charge is 0.292 e. The highest BCUT2D eigenvalue weighted by atomic mass is 16.2. The smallest absolute Gasteiger partial charge is 0.234 e. The summed E-state index contributed by atoms with van der Waals surface area (Å²) in [6, 6.07) is 16.4. The van der Waals surface area contributed by atoms with Crippen molar-refractivity contribution in [2.24, 2.45) is 11.8 Å². The number of ketones is 1. The van der Waals surface area contributed by atoms with Crippen LogP contribution in [0, 0.1) is 11.8 Å². The zero-order chi connectivity index (χ0) is 18.7. The van der Waals surface area contributed by atoms with Crippen LogP contribution in [-0.4, -0.2) is 47.0 Å². The summed E-state index contributed by atoms with van der Waals surface area (Å²) in [5.41, 5.74) is 2.88. The first-order valence-electron chi connectivity index (χ1n) is 9.34. The van der Waals surface area contributed by atoms with Gasteiger partial charge >= 0.3 is 0 Å². The number of fused-ring (bicyclic) bond motifs is 5. The van der Waals surface area contributed by atoms with E-state index < -0.39 is 17.9 Å². The van der Waals surface area contributed by atoms with Crippen LogP contribution in [0.1, 0.15) is 27.5 Å². The highest BCUT2D eigenvalue weighted by molar-refractivity contribution is 6.11. The molecule has 0 aromatic heterocycles. The van der Waals surface area contributed by atoms with Gasteiger partial charge < -0.3 is 0 Å². The fraction of sp³-hybridized carbons (Fsp3) is 0.318. The lowest BCUT2D eigenvalue weighted by atomic mass is 9.83. The van der Waals surface area contributed by atoms with Gasteiger partial charge in [0.25, 0.3) is 0 Å². The van der Waals surface area contributed by atoms with E-state index >= 15 is 0 Å². The molecule has 5 rings (SSSR count). The average Bonchev–Trinajstić information content (AvgIpc) is 3.17. The zero-order valence-electron chi connectivity index (χ0n) is 15.0. The van der Waals surface area contributed by atoms with Crippen LogP contribution >= 0.6 is 0 Å². The fourth-order valence-electron chi connectivity index (χ4n) is 5.15. The molecular weight excluding hydrogens is 340 g/mol. The van der Waals surface area contributed by atoms with Crippen molar-refractivity contribution in [3.63, 3.8) is 0 Å². The molecule has 0 unspecified atom stereocenters. The molecule has 3 aliphatic heterocycles. The molecule has 5 heteroatoms. The summed E-state index contributed by atoms with van der Waals surface area (Å²) in [6.45, 7) is 0.683. The molecule has 0 bridgehead atoms. The number of hydrogen-bond acceptors (Lipinski definition) is 4. The van der Waals surface area contributed by atoms with Gasteiger partial charge in [0, 0.05) is 25.2 Å². The van der Waals surface area contributed by atoms with E-state index in [1.165, 1.54) is 17.5 Å².